The number of anilines is 4. The van der Waals surface area contributed by atoms with Crippen molar-refractivity contribution in [2.24, 2.45) is 0 Å². The van der Waals surface area contributed by atoms with Crippen LogP contribution in [0.15, 0.2) is 30.5 Å². The third kappa shape index (κ3) is 2.67. The van der Waals surface area contributed by atoms with Crippen LogP contribution in [0.4, 0.5) is 27.3 Å². The number of nitrogens with zero attached hydrogens (tertiary/aromatic N) is 3. The molecule has 0 saturated carbocycles. The Morgan fingerprint density at radius 3 is 2.88 bits per heavy atom. The van der Waals surface area contributed by atoms with Gasteiger partial charge in [0.1, 0.15) is 11.6 Å². The van der Waals surface area contributed by atoms with Crippen molar-refractivity contribution in [2.45, 2.75) is 6.54 Å². The highest BCUT2D eigenvalue weighted by atomic mass is 19.1. The van der Waals surface area contributed by atoms with Gasteiger partial charge in [-0.15, -0.1) is 0 Å². The monoisotopic (exact) mass is 328 g/mol. The summed E-state index contributed by atoms with van der Waals surface area (Å²) in [7, 11) is 0. The topological polar surface area (TPSA) is 57.7 Å². The maximum atomic E-state index is 13.5. The molecule has 2 aliphatic rings. The molecule has 0 bridgehead atoms. The van der Waals surface area contributed by atoms with Crippen LogP contribution in [0.2, 0.25) is 0 Å². The lowest BCUT2D eigenvalue weighted by Gasteiger charge is -2.30. The van der Waals surface area contributed by atoms with Crippen LogP contribution in [0, 0.1) is 5.82 Å². The van der Waals surface area contributed by atoms with E-state index in [1.54, 1.807) is 4.90 Å². The van der Waals surface area contributed by atoms with Gasteiger partial charge in [0.05, 0.1) is 37.3 Å². The maximum absolute atomic E-state index is 13.5. The number of rotatable bonds is 2. The molecule has 2 aliphatic heterocycles. The second kappa shape index (κ2) is 6.09. The van der Waals surface area contributed by atoms with Crippen molar-refractivity contribution >= 4 is 29.3 Å². The number of amides is 1. The fourth-order valence-electron chi connectivity index (χ4n) is 3.09. The van der Waals surface area contributed by atoms with Crippen LogP contribution in [-0.4, -0.2) is 37.7 Å². The summed E-state index contributed by atoms with van der Waals surface area (Å²) in [5.41, 5.74) is 3.21. The molecule has 1 saturated heterocycles. The van der Waals surface area contributed by atoms with E-state index in [1.807, 2.05) is 18.2 Å². The van der Waals surface area contributed by atoms with Gasteiger partial charge in [-0.05, 0) is 24.3 Å². The highest BCUT2D eigenvalue weighted by Gasteiger charge is 2.22. The predicted octanol–water partition coefficient (Wildman–Crippen LogP) is 2.28. The number of pyridine rings is 1. The number of hydrogen-bond donors (Lipinski definition) is 1. The van der Waals surface area contributed by atoms with Crippen molar-refractivity contribution in [3.63, 3.8) is 0 Å². The van der Waals surface area contributed by atoms with Gasteiger partial charge in [0.15, 0.2) is 0 Å². The maximum Gasteiger partial charge on any atom is 0.214 e. The van der Waals surface area contributed by atoms with Crippen LogP contribution in [0.5, 0.6) is 0 Å². The molecule has 4 rings (SSSR count). The van der Waals surface area contributed by atoms with Crippen LogP contribution in [-0.2, 0) is 16.1 Å². The number of hydrogen-bond acceptors (Lipinski definition) is 5. The lowest BCUT2D eigenvalue weighted by atomic mass is 10.2. The fraction of sp³-hybridized carbons (Fsp3) is 0.294. The highest BCUT2D eigenvalue weighted by Crippen LogP contribution is 2.37. The molecule has 1 aromatic carbocycles. The highest BCUT2D eigenvalue weighted by molar-refractivity contribution is 5.89. The molecule has 1 fully saturated rings. The van der Waals surface area contributed by atoms with E-state index >= 15 is 0 Å². The van der Waals surface area contributed by atoms with E-state index in [1.165, 1.54) is 12.3 Å². The number of morpholine rings is 1. The van der Waals surface area contributed by atoms with Gasteiger partial charge in [-0.1, -0.05) is 0 Å². The molecule has 2 aromatic rings. The van der Waals surface area contributed by atoms with Gasteiger partial charge in [0, 0.05) is 24.3 Å². The van der Waals surface area contributed by atoms with Crippen LogP contribution in [0.25, 0.3) is 0 Å². The Balaban J connectivity index is 1.73. The largest absolute Gasteiger partial charge is 0.378 e. The summed E-state index contributed by atoms with van der Waals surface area (Å²) in [5.74, 6) is 0.155. The lowest BCUT2D eigenvalue weighted by Crippen LogP contribution is -2.36. The number of carbonyl (C=O) groups is 1. The van der Waals surface area contributed by atoms with E-state index in [2.05, 4.69) is 15.2 Å². The van der Waals surface area contributed by atoms with Crippen LogP contribution >= 0.6 is 0 Å². The Hall–Kier alpha value is -2.67. The van der Waals surface area contributed by atoms with Gasteiger partial charge >= 0.3 is 0 Å². The first-order valence-corrected chi connectivity index (χ1v) is 7.85. The molecule has 124 valence electrons. The molecule has 0 radical (unpaired) electrons. The second-order valence-corrected chi connectivity index (χ2v) is 5.82. The molecule has 6 nitrogen and oxygen atoms in total. The summed E-state index contributed by atoms with van der Waals surface area (Å²) in [4.78, 5) is 19.5. The van der Waals surface area contributed by atoms with Gasteiger partial charge in [-0.2, -0.15) is 0 Å². The molecule has 1 aromatic heterocycles. The number of carbonyl (C=O) groups excluding carboxylic acids is 1. The average molecular weight is 328 g/mol. The molecular formula is C17H17FN4O2. The Kier molecular flexibility index (Phi) is 3.78. The first kappa shape index (κ1) is 14.9. The minimum Gasteiger partial charge on any atom is -0.378 e. The van der Waals surface area contributed by atoms with Crippen molar-refractivity contribution in [1.29, 1.82) is 0 Å². The first-order valence-electron chi connectivity index (χ1n) is 7.85. The summed E-state index contributed by atoms with van der Waals surface area (Å²) in [6.07, 6.45) is 1.94. The SMILES string of the molecule is O=CN1Cc2cc(F)cnc2Nc2ccc(N3CCOCC3)cc21. The summed E-state index contributed by atoms with van der Waals surface area (Å²) in [6.45, 7) is 3.31. The summed E-state index contributed by atoms with van der Waals surface area (Å²) in [6, 6.07) is 7.32. The number of ether oxygens (including phenoxy) is 1. The average Bonchev–Trinajstić information content (AvgIpc) is 2.78. The normalized spacial score (nSPS) is 16.7. The van der Waals surface area contributed by atoms with Gasteiger partial charge in [0.2, 0.25) is 6.41 Å². The number of fused-ring (bicyclic) bond motifs is 2. The first-order chi connectivity index (χ1) is 11.7. The molecule has 0 spiro atoms. The van der Waals surface area contributed by atoms with Crippen molar-refractivity contribution < 1.29 is 13.9 Å². The second-order valence-electron chi connectivity index (χ2n) is 5.82. The van der Waals surface area contributed by atoms with Crippen LogP contribution < -0.4 is 15.1 Å². The third-order valence-electron chi connectivity index (χ3n) is 4.32. The number of halogens is 1. The van der Waals surface area contributed by atoms with Gasteiger partial charge in [-0.25, -0.2) is 9.37 Å². The van der Waals surface area contributed by atoms with Gasteiger partial charge < -0.3 is 19.9 Å². The summed E-state index contributed by atoms with van der Waals surface area (Å²) in [5, 5.41) is 3.20. The number of benzene rings is 1. The summed E-state index contributed by atoms with van der Waals surface area (Å²) < 4.78 is 18.9. The molecule has 1 amide bonds. The minimum absolute atomic E-state index is 0.274. The van der Waals surface area contributed by atoms with E-state index in [0.29, 0.717) is 24.6 Å². The molecule has 7 heteroatoms. The minimum atomic E-state index is -0.415. The fourth-order valence-corrected chi connectivity index (χ4v) is 3.09. The molecule has 0 unspecified atom stereocenters. The number of nitrogens with one attached hydrogen (secondary N) is 1. The van der Waals surface area contributed by atoms with Crippen LogP contribution in [0.3, 0.4) is 0 Å². The quantitative estimate of drug-likeness (QED) is 0.857. The molecule has 0 aliphatic carbocycles. The van der Waals surface area contributed by atoms with E-state index in [4.69, 9.17) is 4.74 Å². The van der Waals surface area contributed by atoms with Crippen molar-refractivity contribution in [1.82, 2.24) is 4.98 Å². The van der Waals surface area contributed by atoms with Crippen molar-refractivity contribution in [2.75, 3.05) is 41.4 Å². The van der Waals surface area contributed by atoms with E-state index in [0.717, 1.165) is 36.6 Å². The smallest absolute Gasteiger partial charge is 0.214 e. The summed E-state index contributed by atoms with van der Waals surface area (Å²) >= 11 is 0. The molecular weight excluding hydrogens is 311 g/mol. The van der Waals surface area contributed by atoms with Gasteiger partial charge in [-0.3, -0.25) is 4.79 Å². The predicted molar refractivity (Wildman–Crippen MR) is 89.2 cm³/mol. The Morgan fingerprint density at radius 1 is 1.25 bits per heavy atom. The van der Waals surface area contributed by atoms with Gasteiger partial charge in [0.25, 0.3) is 0 Å². The molecule has 24 heavy (non-hydrogen) atoms. The van der Waals surface area contributed by atoms with Crippen LogP contribution in [0.1, 0.15) is 5.56 Å². The molecule has 0 atom stereocenters. The Bertz CT molecular complexity index is 777. The van der Waals surface area contributed by atoms with Crippen molar-refractivity contribution in [3.8, 4) is 0 Å². The zero-order chi connectivity index (χ0) is 16.5. The standard InChI is InChI=1S/C17H17FN4O2/c18-13-7-12-10-22(11-23)16-8-14(21-3-5-24-6-4-21)1-2-15(16)20-17(12)19-9-13/h1-2,7-9,11H,3-6,10H2,(H,19,20). The van der Waals surface area contributed by atoms with E-state index < -0.39 is 5.82 Å². The number of aromatic nitrogens is 1. The van der Waals surface area contributed by atoms with E-state index in [9.17, 15) is 9.18 Å². The molecule has 3 heterocycles. The lowest BCUT2D eigenvalue weighted by molar-refractivity contribution is -0.107. The van der Waals surface area contributed by atoms with E-state index in [-0.39, 0.29) is 6.54 Å². The molecule has 1 N–H and O–H groups in total. The zero-order valence-electron chi connectivity index (χ0n) is 13.0. The zero-order valence-corrected chi connectivity index (χ0v) is 13.0. The Morgan fingerprint density at radius 2 is 2.08 bits per heavy atom. The van der Waals surface area contributed by atoms with Crippen molar-refractivity contribution in [3.05, 3.63) is 41.8 Å². The third-order valence-corrected chi connectivity index (χ3v) is 4.32. The Labute approximate surface area is 138 Å².